The minimum Gasteiger partial charge on any atom is -0.478 e. The fourth-order valence-corrected chi connectivity index (χ4v) is 5.05. The van der Waals surface area contributed by atoms with Crippen LogP contribution in [0.2, 0.25) is 0 Å². The lowest BCUT2D eigenvalue weighted by atomic mass is 9.72. The standard InChI is InChI=1S/C28H22FNO4/c29-21-11-9-18(10-12-21)23-16-26(32)30(22-8-4-7-19(13-22)28(33)34)24-14-20(15-25(31)27(23)24)17-5-2-1-3-6-17/h1-13,20,23H,14-16H2,(H,33,34). The van der Waals surface area contributed by atoms with Gasteiger partial charge in [0, 0.05) is 35.7 Å². The summed E-state index contributed by atoms with van der Waals surface area (Å²) in [6, 6.07) is 21.8. The molecule has 5 rings (SSSR count). The summed E-state index contributed by atoms with van der Waals surface area (Å²) in [6.07, 6.45) is 0.826. The van der Waals surface area contributed by atoms with Gasteiger partial charge in [0.05, 0.1) is 5.56 Å². The quantitative estimate of drug-likeness (QED) is 0.568. The fourth-order valence-electron chi connectivity index (χ4n) is 5.05. The molecule has 0 radical (unpaired) electrons. The first-order valence-electron chi connectivity index (χ1n) is 11.2. The van der Waals surface area contributed by atoms with Gasteiger partial charge in [0.25, 0.3) is 0 Å². The van der Waals surface area contributed by atoms with Crippen molar-refractivity contribution in [2.45, 2.75) is 31.1 Å². The van der Waals surface area contributed by atoms with Crippen molar-refractivity contribution in [2.24, 2.45) is 0 Å². The number of halogens is 1. The molecule has 0 fully saturated rings. The van der Waals surface area contributed by atoms with Crippen LogP contribution in [0.1, 0.15) is 52.6 Å². The van der Waals surface area contributed by atoms with E-state index >= 15 is 0 Å². The molecule has 2 atom stereocenters. The second kappa shape index (κ2) is 8.71. The number of aromatic carboxylic acids is 1. The molecule has 1 N–H and O–H groups in total. The van der Waals surface area contributed by atoms with Crippen LogP contribution >= 0.6 is 0 Å². The van der Waals surface area contributed by atoms with E-state index in [2.05, 4.69) is 0 Å². The summed E-state index contributed by atoms with van der Waals surface area (Å²) < 4.78 is 13.6. The van der Waals surface area contributed by atoms with E-state index in [0.29, 0.717) is 35.4 Å². The van der Waals surface area contributed by atoms with E-state index in [1.807, 2.05) is 30.3 Å². The highest BCUT2D eigenvalue weighted by Gasteiger charge is 2.42. The minimum atomic E-state index is -1.09. The second-order valence-electron chi connectivity index (χ2n) is 8.69. The van der Waals surface area contributed by atoms with Gasteiger partial charge in [-0.05, 0) is 53.8 Å². The molecule has 3 aromatic rings. The predicted molar refractivity (Wildman–Crippen MR) is 125 cm³/mol. The number of amides is 1. The van der Waals surface area contributed by atoms with Crippen LogP contribution in [0.3, 0.4) is 0 Å². The number of ketones is 1. The Morgan fingerprint density at radius 1 is 0.853 bits per heavy atom. The maximum atomic E-state index is 13.6. The number of benzene rings is 3. The molecule has 1 amide bonds. The number of carboxylic acids is 1. The molecule has 5 nitrogen and oxygen atoms in total. The summed E-state index contributed by atoms with van der Waals surface area (Å²) in [7, 11) is 0. The predicted octanol–water partition coefficient (Wildman–Crippen LogP) is 5.45. The van der Waals surface area contributed by atoms with Crippen molar-refractivity contribution in [3.05, 3.63) is 113 Å². The Hall–Kier alpha value is -4.06. The third-order valence-corrected chi connectivity index (χ3v) is 6.62. The second-order valence-corrected chi connectivity index (χ2v) is 8.69. The zero-order valence-electron chi connectivity index (χ0n) is 18.3. The van der Waals surface area contributed by atoms with Gasteiger partial charge in [-0.15, -0.1) is 0 Å². The van der Waals surface area contributed by atoms with Crippen molar-refractivity contribution in [1.29, 1.82) is 0 Å². The van der Waals surface area contributed by atoms with Crippen molar-refractivity contribution in [2.75, 3.05) is 4.90 Å². The average molecular weight is 455 g/mol. The highest BCUT2D eigenvalue weighted by atomic mass is 19.1. The molecule has 6 heteroatoms. The van der Waals surface area contributed by atoms with Crippen molar-refractivity contribution in [3.8, 4) is 0 Å². The number of carbonyl (C=O) groups excluding carboxylic acids is 2. The summed E-state index contributed by atoms with van der Waals surface area (Å²) in [5.41, 5.74) is 3.37. The molecule has 3 aromatic carbocycles. The van der Waals surface area contributed by atoms with E-state index in [0.717, 1.165) is 5.56 Å². The molecule has 2 aliphatic rings. The van der Waals surface area contributed by atoms with Crippen LogP contribution in [0.15, 0.2) is 90.1 Å². The molecule has 0 aromatic heterocycles. The van der Waals surface area contributed by atoms with Gasteiger partial charge < -0.3 is 5.11 Å². The van der Waals surface area contributed by atoms with Gasteiger partial charge in [0.2, 0.25) is 5.91 Å². The monoisotopic (exact) mass is 455 g/mol. The van der Waals surface area contributed by atoms with Gasteiger partial charge in [-0.1, -0.05) is 48.5 Å². The van der Waals surface area contributed by atoms with E-state index in [1.165, 1.54) is 29.2 Å². The number of hydrogen-bond donors (Lipinski definition) is 1. The number of rotatable bonds is 4. The van der Waals surface area contributed by atoms with Crippen LogP contribution < -0.4 is 4.90 Å². The smallest absolute Gasteiger partial charge is 0.335 e. The Morgan fingerprint density at radius 3 is 2.29 bits per heavy atom. The zero-order valence-corrected chi connectivity index (χ0v) is 18.3. The van der Waals surface area contributed by atoms with Crippen LogP contribution in [0.4, 0.5) is 10.1 Å². The van der Waals surface area contributed by atoms with E-state index in [-0.39, 0.29) is 35.4 Å². The van der Waals surface area contributed by atoms with Crippen molar-refractivity contribution in [1.82, 2.24) is 0 Å². The molecule has 1 aliphatic carbocycles. The van der Waals surface area contributed by atoms with Gasteiger partial charge >= 0.3 is 5.97 Å². The summed E-state index contributed by atoms with van der Waals surface area (Å²) >= 11 is 0. The summed E-state index contributed by atoms with van der Waals surface area (Å²) in [5.74, 6) is -2.31. The summed E-state index contributed by atoms with van der Waals surface area (Å²) in [4.78, 5) is 40.1. The van der Waals surface area contributed by atoms with Crippen molar-refractivity contribution in [3.63, 3.8) is 0 Å². The van der Waals surface area contributed by atoms with Gasteiger partial charge in [0.1, 0.15) is 5.82 Å². The highest BCUT2D eigenvalue weighted by molar-refractivity contribution is 6.08. The van der Waals surface area contributed by atoms with Crippen LogP contribution in [0.5, 0.6) is 0 Å². The molecule has 0 bridgehead atoms. The van der Waals surface area contributed by atoms with Crippen molar-refractivity contribution >= 4 is 23.3 Å². The first-order valence-corrected chi connectivity index (χ1v) is 11.2. The number of carbonyl (C=O) groups is 3. The summed E-state index contributed by atoms with van der Waals surface area (Å²) in [6.45, 7) is 0. The Kier molecular flexibility index (Phi) is 5.57. The molecule has 0 saturated carbocycles. The first kappa shape index (κ1) is 21.8. The van der Waals surface area contributed by atoms with Gasteiger partial charge in [-0.25, -0.2) is 9.18 Å². The van der Waals surface area contributed by atoms with Crippen LogP contribution in [-0.2, 0) is 9.59 Å². The maximum absolute atomic E-state index is 13.6. The average Bonchev–Trinajstić information content (AvgIpc) is 2.84. The lowest BCUT2D eigenvalue weighted by Crippen LogP contribution is -2.41. The third-order valence-electron chi connectivity index (χ3n) is 6.62. The molecule has 2 unspecified atom stereocenters. The Labute approximate surface area is 196 Å². The molecule has 1 heterocycles. The third kappa shape index (κ3) is 3.92. The lowest BCUT2D eigenvalue weighted by Gasteiger charge is -2.40. The van der Waals surface area contributed by atoms with Crippen LogP contribution in [-0.4, -0.2) is 22.8 Å². The number of nitrogens with zero attached hydrogens (tertiary/aromatic N) is 1. The Bertz CT molecular complexity index is 1310. The van der Waals surface area contributed by atoms with E-state index in [9.17, 15) is 23.9 Å². The molecular weight excluding hydrogens is 433 g/mol. The molecule has 170 valence electrons. The Balaban J connectivity index is 1.66. The zero-order chi connectivity index (χ0) is 23.8. The maximum Gasteiger partial charge on any atom is 0.335 e. The Morgan fingerprint density at radius 2 is 1.59 bits per heavy atom. The lowest BCUT2D eigenvalue weighted by molar-refractivity contribution is -0.120. The highest BCUT2D eigenvalue weighted by Crippen LogP contribution is 2.47. The summed E-state index contributed by atoms with van der Waals surface area (Å²) in [5, 5.41) is 9.45. The number of Topliss-reactive ketones (excluding diaryl/α,β-unsaturated/α-hetero) is 1. The topological polar surface area (TPSA) is 74.7 Å². The minimum absolute atomic E-state index is 0.0451. The number of anilines is 1. The molecule has 0 saturated heterocycles. The molecule has 34 heavy (non-hydrogen) atoms. The van der Waals surface area contributed by atoms with Crippen LogP contribution in [0.25, 0.3) is 0 Å². The SMILES string of the molecule is O=C1CC(c2ccccc2)CC2=C1C(c1ccc(F)cc1)CC(=O)N2c1cccc(C(=O)O)c1. The normalized spacial score (nSPS) is 20.3. The van der Waals surface area contributed by atoms with Crippen LogP contribution in [0, 0.1) is 5.82 Å². The fraction of sp³-hybridized carbons (Fsp3) is 0.179. The number of hydrogen-bond acceptors (Lipinski definition) is 3. The molecular formula is C28H22FNO4. The number of allylic oxidation sites excluding steroid dienone is 2. The first-order chi connectivity index (χ1) is 16.4. The van der Waals surface area contributed by atoms with Gasteiger partial charge in [-0.2, -0.15) is 0 Å². The largest absolute Gasteiger partial charge is 0.478 e. The van der Waals surface area contributed by atoms with Crippen molar-refractivity contribution < 1.29 is 23.9 Å². The van der Waals surface area contributed by atoms with E-state index < -0.39 is 11.9 Å². The van der Waals surface area contributed by atoms with Gasteiger partial charge in [0.15, 0.2) is 5.78 Å². The van der Waals surface area contributed by atoms with Gasteiger partial charge in [-0.3, -0.25) is 14.5 Å². The number of carboxylic acid groups (broad SMARTS) is 1. The van der Waals surface area contributed by atoms with E-state index in [4.69, 9.17) is 0 Å². The van der Waals surface area contributed by atoms with E-state index in [1.54, 1.807) is 24.3 Å². The molecule has 1 aliphatic heterocycles. The molecule has 0 spiro atoms.